The van der Waals surface area contributed by atoms with Crippen molar-refractivity contribution >= 4 is 21.8 Å². The number of unbranched alkanes of at least 4 members (excludes halogenated alkanes) is 1. The van der Waals surface area contributed by atoms with Crippen LogP contribution in [0, 0.1) is 0 Å². The Hall–Kier alpha value is -2.71. The SMILES string of the molecule is CCCCC(N=C1NS(=O)(=O)c2ccccc21)C(=O)N1CCN(CCc2ccccc2)CC1. The van der Waals surface area contributed by atoms with Gasteiger partial charge < -0.3 is 4.90 Å². The zero-order valence-corrected chi connectivity index (χ0v) is 19.9. The van der Waals surface area contributed by atoms with E-state index in [0.29, 0.717) is 25.1 Å². The molecule has 2 aliphatic heterocycles. The molecule has 2 aliphatic rings. The third-order valence-electron chi connectivity index (χ3n) is 6.31. The number of amidine groups is 1. The molecule has 33 heavy (non-hydrogen) atoms. The molecule has 7 nitrogen and oxygen atoms in total. The molecule has 4 rings (SSSR count). The maximum atomic E-state index is 13.4. The van der Waals surface area contributed by atoms with Crippen LogP contribution in [0.2, 0.25) is 0 Å². The average Bonchev–Trinajstić information content (AvgIpc) is 3.11. The van der Waals surface area contributed by atoms with Gasteiger partial charge >= 0.3 is 0 Å². The molecule has 1 atom stereocenters. The zero-order valence-electron chi connectivity index (χ0n) is 19.1. The van der Waals surface area contributed by atoms with Crippen LogP contribution < -0.4 is 4.72 Å². The Morgan fingerprint density at radius 1 is 1.03 bits per heavy atom. The monoisotopic (exact) mass is 468 g/mol. The molecule has 1 unspecified atom stereocenters. The van der Waals surface area contributed by atoms with E-state index < -0.39 is 16.1 Å². The summed E-state index contributed by atoms with van der Waals surface area (Å²) < 4.78 is 27.4. The van der Waals surface area contributed by atoms with Crippen molar-refractivity contribution in [1.29, 1.82) is 0 Å². The molecule has 2 aromatic rings. The predicted molar refractivity (Wildman–Crippen MR) is 130 cm³/mol. The van der Waals surface area contributed by atoms with Gasteiger partial charge in [-0.05, 0) is 30.5 Å². The number of aliphatic imine (C=N–C) groups is 1. The molecule has 0 aromatic heterocycles. The van der Waals surface area contributed by atoms with Gasteiger partial charge in [-0.25, -0.2) is 8.42 Å². The van der Waals surface area contributed by atoms with Crippen LogP contribution in [0.25, 0.3) is 0 Å². The second kappa shape index (κ2) is 10.5. The smallest absolute Gasteiger partial charge is 0.263 e. The Kier molecular flexibility index (Phi) is 7.45. The number of nitrogens with zero attached hydrogens (tertiary/aromatic N) is 3. The minimum atomic E-state index is -3.62. The zero-order chi connectivity index (χ0) is 23.3. The minimum Gasteiger partial charge on any atom is -0.338 e. The van der Waals surface area contributed by atoms with Crippen LogP contribution in [-0.2, 0) is 21.2 Å². The van der Waals surface area contributed by atoms with Crippen molar-refractivity contribution in [3.8, 4) is 0 Å². The second-order valence-electron chi connectivity index (χ2n) is 8.64. The van der Waals surface area contributed by atoms with Gasteiger partial charge in [0, 0.05) is 38.3 Å². The third-order valence-corrected chi connectivity index (χ3v) is 7.70. The van der Waals surface area contributed by atoms with E-state index >= 15 is 0 Å². The van der Waals surface area contributed by atoms with Gasteiger partial charge in [0.05, 0.1) is 4.90 Å². The van der Waals surface area contributed by atoms with E-state index in [9.17, 15) is 13.2 Å². The number of sulfonamides is 1. The maximum Gasteiger partial charge on any atom is 0.263 e. The van der Waals surface area contributed by atoms with Gasteiger partial charge in [0.2, 0.25) is 5.91 Å². The first-order valence-corrected chi connectivity index (χ1v) is 13.2. The lowest BCUT2D eigenvalue weighted by atomic mass is 10.1. The maximum absolute atomic E-state index is 13.4. The second-order valence-corrected chi connectivity index (χ2v) is 10.3. The molecule has 1 N–H and O–H groups in total. The first-order valence-electron chi connectivity index (χ1n) is 11.7. The molecular weight excluding hydrogens is 436 g/mol. The van der Waals surface area contributed by atoms with Gasteiger partial charge in [-0.3, -0.25) is 19.4 Å². The van der Waals surface area contributed by atoms with Crippen LogP contribution in [0.15, 0.2) is 64.5 Å². The highest BCUT2D eigenvalue weighted by Gasteiger charge is 2.33. The molecule has 2 heterocycles. The summed E-state index contributed by atoms with van der Waals surface area (Å²) in [6.45, 7) is 6.07. The predicted octanol–water partition coefficient (Wildman–Crippen LogP) is 2.67. The van der Waals surface area contributed by atoms with Crippen molar-refractivity contribution in [2.45, 2.75) is 43.5 Å². The van der Waals surface area contributed by atoms with Crippen molar-refractivity contribution < 1.29 is 13.2 Å². The van der Waals surface area contributed by atoms with E-state index in [0.717, 1.165) is 38.9 Å². The van der Waals surface area contributed by atoms with Crippen LogP contribution in [0.1, 0.15) is 37.3 Å². The molecule has 176 valence electrons. The summed E-state index contributed by atoms with van der Waals surface area (Å²) in [7, 11) is -3.62. The normalized spacial score (nSPS) is 19.8. The van der Waals surface area contributed by atoms with Crippen molar-refractivity contribution in [2.24, 2.45) is 4.99 Å². The van der Waals surface area contributed by atoms with Crippen LogP contribution in [0.5, 0.6) is 0 Å². The topological polar surface area (TPSA) is 82.1 Å². The van der Waals surface area contributed by atoms with E-state index in [2.05, 4.69) is 45.8 Å². The molecule has 1 amide bonds. The number of benzene rings is 2. The summed E-state index contributed by atoms with van der Waals surface area (Å²) in [6, 6.07) is 16.6. The molecule has 0 bridgehead atoms. The number of fused-ring (bicyclic) bond motifs is 1. The van der Waals surface area contributed by atoms with Crippen molar-refractivity contribution in [3.05, 3.63) is 65.7 Å². The van der Waals surface area contributed by atoms with Gasteiger partial charge in [0.15, 0.2) is 0 Å². The summed E-state index contributed by atoms with van der Waals surface area (Å²) in [5, 5.41) is 0. The van der Waals surface area contributed by atoms with Crippen LogP contribution in [0.3, 0.4) is 0 Å². The van der Waals surface area contributed by atoms with Crippen LogP contribution in [0.4, 0.5) is 0 Å². The number of hydrogen-bond donors (Lipinski definition) is 1. The molecule has 0 spiro atoms. The van der Waals surface area contributed by atoms with Crippen LogP contribution in [-0.4, -0.2) is 68.7 Å². The Morgan fingerprint density at radius 3 is 2.45 bits per heavy atom. The van der Waals surface area contributed by atoms with Gasteiger partial charge in [0.1, 0.15) is 11.9 Å². The van der Waals surface area contributed by atoms with E-state index in [1.807, 2.05) is 11.0 Å². The first kappa shape index (κ1) is 23.4. The standard InChI is InChI=1S/C25H32N4O3S/c1-2-3-12-22(26-24-21-11-7-8-13-23(21)33(31,32)27-24)25(30)29-18-16-28(17-19-29)15-14-20-9-5-4-6-10-20/h4-11,13,22H,2-3,12,14-19H2,1H3,(H,26,27). The molecule has 2 aromatic carbocycles. The summed E-state index contributed by atoms with van der Waals surface area (Å²) in [4.78, 5) is 22.5. The molecule has 1 fully saturated rings. The number of rotatable bonds is 8. The highest BCUT2D eigenvalue weighted by atomic mass is 32.2. The van der Waals surface area contributed by atoms with Crippen molar-refractivity contribution in [1.82, 2.24) is 14.5 Å². The number of hydrogen-bond acceptors (Lipinski definition) is 5. The summed E-state index contributed by atoms with van der Waals surface area (Å²) >= 11 is 0. The van der Waals surface area contributed by atoms with Crippen LogP contribution >= 0.6 is 0 Å². The largest absolute Gasteiger partial charge is 0.338 e. The number of nitrogens with one attached hydrogen (secondary N) is 1. The number of piperazine rings is 1. The molecule has 1 saturated heterocycles. The lowest BCUT2D eigenvalue weighted by Gasteiger charge is -2.36. The van der Waals surface area contributed by atoms with Gasteiger partial charge in [-0.15, -0.1) is 0 Å². The summed E-state index contributed by atoms with van der Waals surface area (Å²) in [5.74, 6) is 0.267. The van der Waals surface area contributed by atoms with Gasteiger partial charge in [0.25, 0.3) is 10.0 Å². The van der Waals surface area contributed by atoms with Gasteiger partial charge in [-0.1, -0.05) is 62.2 Å². The lowest BCUT2D eigenvalue weighted by molar-refractivity contribution is -0.134. The Morgan fingerprint density at radius 2 is 1.73 bits per heavy atom. The highest BCUT2D eigenvalue weighted by Crippen LogP contribution is 2.23. The fraction of sp³-hybridized carbons (Fsp3) is 0.440. The fourth-order valence-corrected chi connectivity index (χ4v) is 5.60. The fourth-order valence-electron chi connectivity index (χ4n) is 4.36. The number of carbonyl (C=O) groups is 1. The van der Waals surface area contributed by atoms with E-state index in [4.69, 9.17) is 0 Å². The first-order chi connectivity index (χ1) is 16.0. The Labute approximate surface area is 196 Å². The van der Waals surface area contributed by atoms with E-state index in [1.54, 1.807) is 24.3 Å². The van der Waals surface area contributed by atoms with Crippen molar-refractivity contribution in [3.63, 3.8) is 0 Å². The van der Waals surface area contributed by atoms with Crippen molar-refractivity contribution in [2.75, 3.05) is 32.7 Å². The lowest BCUT2D eigenvalue weighted by Crippen LogP contribution is -2.51. The van der Waals surface area contributed by atoms with Gasteiger partial charge in [-0.2, -0.15) is 0 Å². The molecule has 8 heteroatoms. The van der Waals surface area contributed by atoms with E-state index in [1.165, 1.54) is 5.56 Å². The highest BCUT2D eigenvalue weighted by molar-refractivity contribution is 7.90. The molecular formula is C25H32N4O3S. The third kappa shape index (κ3) is 5.62. The number of carbonyl (C=O) groups excluding carboxylic acids is 1. The Bertz CT molecular complexity index is 1090. The Balaban J connectivity index is 1.41. The molecule has 0 aliphatic carbocycles. The van der Waals surface area contributed by atoms with E-state index in [-0.39, 0.29) is 16.6 Å². The summed E-state index contributed by atoms with van der Waals surface area (Å²) in [5.41, 5.74) is 1.86. The average molecular weight is 469 g/mol. The quantitative estimate of drug-likeness (QED) is 0.646. The summed E-state index contributed by atoms with van der Waals surface area (Å²) in [6.07, 6.45) is 3.42. The minimum absolute atomic E-state index is 0.0118. The molecule has 0 saturated carbocycles. The number of amides is 1. The molecule has 0 radical (unpaired) electrons.